The van der Waals surface area contributed by atoms with Crippen LogP contribution in [0.3, 0.4) is 0 Å². The third-order valence-corrected chi connectivity index (χ3v) is 4.52. The minimum absolute atomic E-state index is 0.131. The van der Waals surface area contributed by atoms with Crippen LogP contribution in [0.25, 0.3) is 0 Å². The van der Waals surface area contributed by atoms with Gasteiger partial charge in [-0.25, -0.2) is 0 Å². The van der Waals surface area contributed by atoms with Gasteiger partial charge in [0, 0.05) is 37.1 Å². The van der Waals surface area contributed by atoms with E-state index < -0.39 is 0 Å². The van der Waals surface area contributed by atoms with Crippen LogP contribution in [0.4, 0.5) is 0 Å². The molecule has 156 valence electrons. The summed E-state index contributed by atoms with van der Waals surface area (Å²) >= 11 is 0. The van der Waals surface area contributed by atoms with Crippen LogP contribution < -0.4 is 5.32 Å². The summed E-state index contributed by atoms with van der Waals surface area (Å²) in [5.41, 5.74) is 2.82. The predicted octanol–water partition coefficient (Wildman–Crippen LogP) is 3.61. The molecule has 7 nitrogen and oxygen atoms in total. The van der Waals surface area contributed by atoms with Gasteiger partial charge >= 0.3 is 0 Å². The maximum atomic E-state index is 13.2. The highest BCUT2D eigenvalue weighted by Gasteiger charge is 2.20. The average molecular weight is 406 g/mol. The second-order valence-electron chi connectivity index (χ2n) is 7.67. The molecule has 0 radical (unpaired) electrons. The molecule has 3 aromatic rings. The van der Waals surface area contributed by atoms with Crippen LogP contribution in [-0.2, 0) is 13.1 Å². The van der Waals surface area contributed by atoms with Gasteiger partial charge in [-0.05, 0) is 42.7 Å². The maximum absolute atomic E-state index is 13.2. The normalized spacial score (nSPS) is 10.8. The van der Waals surface area contributed by atoms with E-state index in [0.29, 0.717) is 30.3 Å². The van der Waals surface area contributed by atoms with Crippen molar-refractivity contribution >= 4 is 11.8 Å². The van der Waals surface area contributed by atoms with E-state index in [2.05, 4.69) is 15.5 Å². The van der Waals surface area contributed by atoms with E-state index in [1.807, 2.05) is 57.2 Å². The Kier molecular flexibility index (Phi) is 6.95. The number of nitrogens with zero attached hydrogens (tertiary/aromatic N) is 3. The van der Waals surface area contributed by atoms with Crippen molar-refractivity contribution < 1.29 is 14.1 Å². The van der Waals surface area contributed by atoms with Gasteiger partial charge in [0.05, 0.1) is 6.54 Å². The molecule has 0 saturated heterocycles. The highest BCUT2D eigenvalue weighted by molar-refractivity contribution is 5.94. The van der Waals surface area contributed by atoms with Crippen LogP contribution in [0.2, 0.25) is 0 Å². The Bertz CT molecular complexity index is 981. The van der Waals surface area contributed by atoms with Crippen LogP contribution >= 0.6 is 0 Å². The zero-order valence-corrected chi connectivity index (χ0v) is 17.5. The van der Waals surface area contributed by atoms with Gasteiger partial charge < -0.3 is 14.7 Å². The number of carbonyl (C=O) groups is 2. The van der Waals surface area contributed by atoms with E-state index in [1.54, 1.807) is 23.4 Å². The molecule has 0 aliphatic carbocycles. The maximum Gasteiger partial charge on any atom is 0.273 e. The van der Waals surface area contributed by atoms with E-state index >= 15 is 0 Å². The van der Waals surface area contributed by atoms with Gasteiger partial charge in [0.25, 0.3) is 11.8 Å². The van der Waals surface area contributed by atoms with Gasteiger partial charge in [-0.1, -0.05) is 36.7 Å². The molecule has 1 aromatic carbocycles. The molecule has 1 N–H and O–H groups in total. The first kappa shape index (κ1) is 21.2. The number of hydrogen-bond donors (Lipinski definition) is 1. The van der Waals surface area contributed by atoms with Crippen molar-refractivity contribution in [1.29, 1.82) is 0 Å². The summed E-state index contributed by atoms with van der Waals surface area (Å²) in [7, 11) is 0. The van der Waals surface area contributed by atoms with E-state index in [4.69, 9.17) is 4.52 Å². The van der Waals surface area contributed by atoms with Crippen LogP contribution in [0.5, 0.6) is 0 Å². The SMILES string of the molecule is Cc1ccc(C(=O)N(Cc2ccncc2)Cc2cc(C(=O)NCC(C)C)no2)cc1. The lowest BCUT2D eigenvalue weighted by molar-refractivity contribution is 0.0713. The van der Waals surface area contributed by atoms with E-state index in [-0.39, 0.29) is 24.1 Å². The van der Waals surface area contributed by atoms with Crippen LogP contribution in [-0.4, -0.2) is 33.4 Å². The Hall–Kier alpha value is -3.48. The molecule has 0 saturated carbocycles. The number of aromatic nitrogens is 2. The lowest BCUT2D eigenvalue weighted by Gasteiger charge is -2.21. The average Bonchev–Trinajstić information content (AvgIpc) is 3.21. The largest absolute Gasteiger partial charge is 0.359 e. The Morgan fingerprint density at radius 2 is 1.77 bits per heavy atom. The smallest absolute Gasteiger partial charge is 0.273 e. The van der Waals surface area contributed by atoms with E-state index in [9.17, 15) is 9.59 Å². The fourth-order valence-corrected chi connectivity index (χ4v) is 2.86. The quantitative estimate of drug-likeness (QED) is 0.617. The lowest BCUT2D eigenvalue weighted by atomic mass is 10.1. The second-order valence-corrected chi connectivity index (χ2v) is 7.67. The molecule has 30 heavy (non-hydrogen) atoms. The molecule has 2 amide bonds. The number of benzene rings is 1. The van der Waals surface area contributed by atoms with Crippen LogP contribution in [0.15, 0.2) is 59.4 Å². The fraction of sp³-hybridized carbons (Fsp3) is 0.304. The monoisotopic (exact) mass is 406 g/mol. The summed E-state index contributed by atoms with van der Waals surface area (Å²) in [6, 6.07) is 12.7. The number of pyridine rings is 1. The van der Waals surface area contributed by atoms with Gasteiger partial charge in [-0.15, -0.1) is 0 Å². The van der Waals surface area contributed by atoms with E-state index in [0.717, 1.165) is 11.1 Å². The van der Waals surface area contributed by atoms with Gasteiger partial charge in [-0.3, -0.25) is 14.6 Å². The standard InChI is InChI=1S/C23H26N4O3/c1-16(2)13-25-22(28)21-12-20(30-26-21)15-27(14-18-8-10-24-11-9-18)23(29)19-6-4-17(3)5-7-19/h4-12,16H,13-15H2,1-3H3,(H,25,28). The number of hydrogen-bond acceptors (Lipinski definition) is 5. The fourth-order valence-electron chi connectivity index (χ4n) is 2.86. The van der Waals surface area contributed by atoms with Gasteiger partial charge in [0.15, 0.2) is 11.5 Å². The van der Waals surface area contributed by atoms with Crippen molar-refractivity contribution in [2.24, 2.45) is 5.92 Å². The summed E-state index contributed by atoms with van der Waals surface area (Å²) in [5, 5.41) is 6.67. The molecular formula is C23H26N4O3. The Labute approximate surface area is 176 Å². The van der Waals surface area contributed by atoms with Crippen LogP contribution in [0.1, 0.15) is 51.6 Å². The molecular weight excluding hydrogens is 380 g/mol. The third-order valence-electron chi connectivity index (χ3n) is 4.52. The molecule has 2 heterocycles. The van der Waals surface area contributed by atoms with Crippen molar-refractivity contribution in [2.45, 2.75) is 33.9 Å². The van der Waals surface area contributed by atoms with E-state index in [1.165, 1.54) is 0 Å². The Balaban J connectivity index is 1.78. The first-order chi connectivity index (χ1) is 14.4. The molecule has 0 bridgehead atoms. The summed E-state index contributed by atoms with van der Waals surface area (Å²) in [6.07, 6.45) is 3.38. The molecule has 7 heteroatoms. The Morgan fingerprint density at radius 1 is 1.07 bits per heavy atom. The number of nitrogens with one attached hydrogen (secondary N) is 1. The van der Waals surface area contributed by atoms with Crippen molar-refractivity contribution in [3.05, 3.63) is 83.0 Å². The molecule has 2 aromatic heterocycles. The summed E-state index contributed by atoms with van der Waals surface area (Å²) in [5.74, 6) is 0.362. The molecule has 3 rings (SSSR count). The van der Waals surface area contributed by atoms with Gasteiger partial charge in [0.1, 0.15) is 0 Å². The van der Waals surface area contributed by atoms with Gasteiger partial charge in [-0.2, -0.15) is 0 Å². The molecule has 0 aliphatic rings. The van der Waals surface area contributed by atoms with Crippen LogP contribution in [0, 0.1) is 12.8 Å². The molecule has 0 unspecified atom stereocenters. The Morgan fingerprint density at radius 3 is 2.43 bits per heavy atom. The summed E-state index contributed by atoms with van der Waals surface area (Å²) in [4.78, 5) is 31.0. The summed E-state index contributed by atoms with van der Waals surface area (Å²) in [6.45, 7) is 7.14. The number of amides is 2. The minimum atomic E-state index is -0.288. The highest BCUT2D eigenvalue weighted by Crippen LogP contribution is 2.16. The molecule has 0 fully saturated rings. The molecule has 0 spiro atoms. The van der Waals surface area contributed by atoms with Crippen molar-refractivity contribution in [2.75, 3.05) is 6.54 Å². The van der Waals surface area contributed by atoms with Crippen molar-refractivity contribution in [3.8, 4) is 0 Å². The predicted molar refractivity (Wildman–Crippen MR) is 113 cm³/mol. The number of rotatable bonds is 8. The topological polar surface area (TPSA) is 88.3 Å². The van der Waals surface area contributed by atoms with Gasteiger partial charge in [0.2, 0.25) is 0 Å². The second kappa shape index (κ2) is 9.82. The number of aryl methyl sites for hydroxylation is 1. The zero-order chi connectivity index (χ0) is 21.5. The minimum Gasteiger partial charge on any atom is -0.359 e. The zero-order valence-electron chi connectivity index (χ0n) is 17.5. The first-order valence-electron chi connectivity index (χ1n) is 9.91. The number of carbonyl (C=O) groups excluding carboxylic acids is 2. The summed E-state index contributed by atoms with van der Waals surface area (Å²) < 4.78 is 5.35. The highest BCUT2D eigenvalue weighted by atomic mass is 16.5. The first-order valence-corrected chi connectivity index (χ1v) is 9.91. The lowest BCUT2D eigenvalue weighted by Crippen LogP contribution is -2.30. The molecule has 0 atom stereocenters. The van der Waals surface area contributed by atoms with Crippen molar-refractivity contribution in [1.82, 2.24) is 20.4 Å². The third kappa shape index (κ3) is 5.76. The van der Waals surface area contributed by atoms with Crippen molar-refractivity contribution in [3.63, 3.8) is 0 Å². The molecule has 0 aliphatic heterocycles.